The summed E-state index contributed by atoms with van der Waals surface area (Å²) in [5, 5.41) is 6.08. The lowest BCUT2D eigenvalue weighted by Gasteiger charge is -2.10. The molecule has 0 spiro atoms. The van der Waals surface area contributed by atoms with Gasteiger partial charge in [0, 0.05) is 28.1 Å². The average molecular weight is 412 g/mol. The van der Waals surface area contributed by atoms with Gasteiger partial charge >= 0.3 is 0 Å². The largest absolute Gasteiger partial charge is 0.322 e. The number of anilines is 1. The van der Waals surface area contributed by atoms with Crippen LogP contribution in [0, 0.1) is 13.8 Å². The molecule has 2 heterocycles. The van der Waals surface area contributed by atoms with E-state index in [0.717, 1.165) is 36.5 Å². The molecule has 7 heteroatoms. The molecule has 0 aliphatic rings. The number of carbonyl (C=O) groups is 1. The van der Waals surface area contributed by atoms with E-state index in [9.17, 15) is 4.79 Å². The second-order valence-electron chi connectivity index (χ2n) is 6.07. The van der Waals surface area contributed by atoms with Gasteiger partial charge in [0.05, 0.1) is 15.2 Å². The number of carbonyl (C=O) groups excluding carboxylic acids is 1. The molecule has 1 N–H and O–H groups in total. The van der Waals surface area contributed by atoms with E-state index in [4.69, 9.17) is 0 Å². The van der Waals surface area contributed by atoms with Crippen LogP contribution in [0.5, 0.6) is 0 Å². The molecule has 0 unspecified atom stereocenters. The van der Waals surface area contributed by atoms with Crippen LogP contribution in [0.15, 0.2) is 52.2 Å². The van der Waals surface area contributed by atoms with Crippen LogP contribution in [0.4, 0.5) is 5.69 Å². The van der Waals surface area contributed by atoms with Crippen molar-refractivity contribution >= 4 is 56.2 Å². The Kier molecular flexibility index (Phi) is 5.24. The fourth-order valence-electron chi connectivity index (χ4n) is 2.72. The van der Waals surface area contributed by atoms with Gasteiger partial charge in [-0.25, -0.2) is 9.97 Å². The Balaban J connectivity index is 1.52. The van der Waals surface area contributed by atoms with Gasteiger partial charge in [-0.2, -0.15) is 0 Å². The van der Waals surface area contributed by atoms with E-state index in [2.05, 4.69) is 15.3 Å². The summed E-state index contributed by atoms with van der Waals surface area (Å²) in [5.74, 6) is 0.617. The van der Waals surface area contributed by atoms with Gasteiger partial charge in [-0.3, -0.25) is 4.79 Å². The summed E-state index contributed by atoms with van der Waals surface area (Å²) in [5.41, 5.74) is 4.48. The van der Waals surface area contributed by atoms with Crippen LogP contribution in [0.1, 0.15) is 26.6 Å². The summed E-state index contributed by atoms with van der Waals surface area (Å²) < 4.78 is 2.10. The third-order valence-electron chi connectivity index (χ3n) is 3.96. The van der Waals surface area contributed by atoms with E-state index in [0.29, 0.717) is 11.3 Å². The molecule has 0 aliphatic heterocycles. The molecular weight excluding hydrogens is 394 g/mol. The topological polar surface area (TPSA) is 54.9 Å². The van der Waals surface area contributed by atoms with Gasteiger partial charge in [0.1, 0.15) is 4.34 Å². The summed E-state index contributed by atoms with van der Waals surface area (Å²) in [6.45, 7) is 3.98. The summed E-state index contributed by atoms with van der Waals surface area (Å²) >= 11 is 4.92. The molecule has 4 aromatic rings. The highest BCUT2D eigenvalue weighted by Gasteiger charge is 2.13. The minimum absolute atomic E-state index is 0.0953. The van der Waals surface area contributed by atoms with Crippen molar-refractivity contribution in [2.75, 3.05) is 5.32 Å². The zero-order chi connectivity index (χ0) is 18.8. The maximum absolute atomic E-state index is 12.8. The minimum Gasteiger partial charge on any atom is -0.322 e. The van der Waals surface area contributed by atoms with Crippen molar-refractivity contribution in [3.8, 4) is 0 Å². The third kappa shape index (κ3) is 4.21. The predicted octanol–water partition coefficient (Wildman–Crippen LogP) is 5.91. The van der Waals surface area contributed by atoms with Crippen LogP contribution >= 0.6 is 34.4 Å². The van der Waals surface area contributed by atoms with Crippen molar-refractivity contribution in [3.63, 3.8) is 0 Å². The van der Waals surface area contributed by atoms with E-state index in [1.54, 1.807) is 34.4 Å². The Morgan fingerprint density at radius 3 is 2.81 bits per heavy atom. The SMILES string of the molecule is Cc1csc(SCc2ccccc2C(=O)Nc2ccc3nc(C)sc3c2)n1. The number of thiazole rings is 2. The van der Waals surface area contributed by atoms with Gasteiger partial charge in [0.25, 0.3) is 5.91 Å². The Morgan fingerprint density at radius 2 is 2.00 bits per heavy atom. The monoisotopic (exact) mass is 411 g/mol. The van der Waals surface area contributed by atoms with Crippen molar-refractivity contribution < 1.29 is 4.79 Å². The van der Waals surface area contributed by atoms with Gasteiger partial charge in [-0.05, 0) is 43.7 Å². The van der Waals surface area contributed by atoms with Crippen LogP contribution in [0.25, 0.3) is 10.2 Å². The van der Waals surface area contributed by atoms with Crippen LogP contribution in [-0.2, 0) is 5.75 Å². The molecule has 0 atom stereocenters. The number of nitrogens with one attached hydrogen (secondary N) is 1. The van der Waals surface area contributed by atoms with Crippen LogP contribution in [0.3, 0.4) is 0 Å². The first-order chi connectivity index (χ1) is 13.1. The maximum atomic E-state index is 12.8. The quantitative estimate of drug-likeness (QED) is 0.415. The maximum Gasteiger partial charge on any atom is 0.255 e. The molecule has 0 aliphatic carbocycles. The molecule has 0 radical (unpaired) electrons. The Bertz CT molecular complexity index is 1120. The highest BCUT2D eigenvalue weighted by Crippen LogP contribution is 2.28. The van der Waals surface area contributed by atoms with Gasteiger partial charge < -0.3 is 5.32 Å². The van der Waals surface area contributed by atoms with Crippen molar-refractivity contribution in [3.05, 3.63) is 69.7 Å². The first kappa shape index (κ1) is 18.2. The summed E-state index contributed by atoms with van der Waals surface area (Å²) in [7, 11) is 0. The van der Waals surface area contributed by atoms with Crippen molar-refractivity contribution in [1.29, 1.82) is 0 Å². The molecule has 136 valence electrons. The molecule has 27 heavy (non-hydrogen) atoms. The normalized spacial score (nSPS) is 11.0. The minimum atomic E-state index is -0.0953. The fourth-order valence-corrected chi connectivity index (χ4v) is 5.44. The van der Waals surface area contributed by atoms with Crippen molar-refractivity contribution in [2.45, 2.75) is 23.9 Å². The van der Waals surface area contributed by atoms with Crippen LogP contribution in [0.2, 0.25) is 0 Å². The number of nitrogens with zero attached hydrogens (tertiary/aromatic N) is 2. The summed E-state index contributed by atoms with van der Waals surface area (Å²) in [6.07, 6.45) is 0. The second kappa shape index (κ2) is 7.80. The number of fused-ring (bicyclic) bond motifs is 1. The molecule has 2 aromatic heterocycles. The lowest BCUT2D eigenvalue weighted by molar-refractivity contribution is 0.102. The number of aromatic nitrogens is 2. The van der Waals surface area contributed by atoms with E-state index < -0.39 is 0 Å². The molecule has 2 aromatic carbocycles. The number of hydrogen-bond acceptors (Lipinski definition) is 6. The highest BCUT2D eigenvalue weighted by atomic mass is 32.2. The Labute approximate surface area is 169 Å². The number of aryl methyl sites for hydroxylation is 2. The van der Waals surface area contributed by atoms with Gasteiger partial charge in [0.15, 0.2) is 0 Å². The molecule has 0 saturated carbocycles. The number of benzene rings is 2. The Morgan fingerprint density at radius 1 is 1.15 bits per heavy atom. The number of hydrogen-bond donors (Lipinski definition) is 1. The smallest absolute Gasteiger partial charge is 0.255 e. The number of thioether (sulfide) groups is 1. The van der Waals surface area contributed by atoms with E-state index in [1.165, 1.54) is 0 Å². The fraction of sp³-hybridized carbons (Fsp3) is 0.150. The summed E-state index contributed by atoms with van der Waals surface area (Å²) in [6, 6.07) is 13.5. The predicted molar refractivity (Wildman–Crippen MR) is 115 cm³/mol. The molecular formula is C20H17N3OS3. The van der Waals surface area contributed by atoms with Crippen LogP contribution in [-0.4, -0.2) is 15.9 Å². The van der Waals surface area contributed by atoms with E-state index in [-0.39, 0.29) is 5.91 Å². The standard InChI is InChI=1S/C20H17N3OS3/c1-12-10-25-20(21-12)26-11-14-5-3-4-6-16(14)19(24)23-15-7-8-17-18(9-15)27-13(2)22-17/h3-10H,11H2,1-2H3,(H,23,24). The van der Waals surface area contributed by atoms with Crippen LogP contribution < -0.4 is 5.32 Å². The van der Waals surface area contributed by atoms with Crippen molar-refractivity contribution in [1.82, 2.24) is 9.97 Å². The molecule has 4 rings (SSSR count). The number of rotatable bonds is 5. The molecule has 1 amide bonds. The third-order valence-corrected chi connectivity index (χ3v) is 7.09. The lowest BCUT2D eigenvalue weighted by Crippen LogP contribution is -2.13. The van der Waals surface area contributed by atoms with E-state index >= 15 is 0 Å². The zero-order valence-electron chi connectivity index (χ0n) is 14.9. The first-order valence-electron chi connectivity index (χ1n) is 8.40. The molecule has 0 fully saturated rings. The van der Waals surface area contributed by atoms with Crippen molar-refractivity contribution in [2.24, 2.45) is 0 Å². The average Bonchev–Trinajstić information content (AvgIpc) is 3.24. The van der Waals surface area contributed by atoms with Gasteiger partial charge in [-0.1, -0.05) is 30.0 Å². The first-order valence-corrected chi connectivity index (χ1v) is 11.1. The lowest BCUT2D eigenvalue weighted by atomic mass is 10.1. The molecule has 0 bridgehead atoms. The summed E-state index contributed by atoms with van der Waals surface area (Å²) in [4.78, 5) is 21.8. The molecule has 4 nitrogen and oxygen atoms in total. The second-order valence-corrected chi connectivity index (χ2v) is 9.39. The highest BCUT2D eigenvalue weighted by molar-refractivity contribution is 8.00. The molecule has 0 saturated heterocycles. The van der Waals surface area contributed by atoms with E-state index in [1.807, 2.05) is 61.7 Å². The number of amides is 1. The van der Waals surface area contributed by atoms with Gasteiger partial charge in [0.2, 0.25) is 0 Å². The zero-order valence-corrected chi connectivity index (χ0v) is 17.3. The Hall–Kier alpha value is -2.22. The van der Waals surface area contributed by atoms with Gasteiger partial charge in [-0.15, -0.1) is 22.7 Å².